The molecule has 1 aromatic heterocycles. The smallest absolute Gasteiger partial charge is 0.142 e. The lowest BCUT2D eigenvalue weighted by molar-refractivity contribution is 0.415. The van der Waals surface area contributed by atoms with E-state index in [2.05, 4.69) is 30.3 Å². The Morgan fingerprint density at radius 1 is 0.828 bits per heavy atom. The van der Waals surface area contributed by atoms with Crippen molar-refractivity contribution >= 4 is 0 Å². The highest BCUT2D eigenvalue weighted by atomic mass is 16.5. The van der Waals surface area contributed by atoms with E-state index >= 15 is 0 Å². The molecular formula is C26H19NO2. The third-order valence-corrected chi connectivity index (χ3v) is 5.57. The number of methoxy groups -OCH3 is 1. The zero-order chi connectivity index (χ0) is 19.8. The van der Waals surface area contributed by atoms with Gasteiger partial charge in [0.25, 0.3) is 0 Å². The highest BCUT2D eigenvalue weighted by Crippen LogP contribution is 2.46. The first-order valence-corrected chi connectivity index (χ1v) is 9.67. The molecule has 3 heteroatoms. The average molecular weight is 377 g/mol. The summed E-state index contributed by atoms with van der Waals surface area (Å²) >= 11 is 0. The fourth-order valence-electron chi connectivity index (χ4n) is 4.10. The number of hydrogen-bond acceptors (Lipinski definition) is 3. The van der Waals surface area contributed by atoms with E-state index in [9.17, 15) is 0 Å². The molecule has 0 fully saturated rings. The number of rotatable bonds is 3. The molecule has 3 nitrogen and oxygen atoms in total. The molecule has 1 aliphatic carbocycles. The second-order valence-corrected chi connectivity index (χ2v) is 7.19. The van der Waals surface area contributed by atoms with E-state index in [1.165, 1.54) is 16.7 Å². The van der Waals surface area contributed by atoms with Crippen LogP contribution in [0.3, 0.4) is 0 Å². The van der Waals surface area contributed by atoms with Crippen molar-refractivity contribution in [3.05, 3.63) is 89.5 Å². The lowest BCUT2D eigenvalue weighted by atomic mass is 9.86. The largest absolute Gasteiger partial charge is 0.497 e. The number of nitrogens with zero attached hydrogens (tertiary/aromatic N) is 1. The number of fused-ring (bicyclic) bond motifs is 3. The van der Waals surface area contributed by atoms with Gasteiger partial charge >= 0.3 is 0 Å². The Morgan fingerprint density at radius 2 is 1.55 bits per heavy atom. The molecule has 0 radical (unpaired) electrons. The summed E-state index contributed by atoms with van der Waals surface area (Å²) in [6, 6.07) is 26.4. The molecule has 140 valence electrons. The van der Waals surface area contributed by atoms with Crippen molar-refractivity contribution < 1.29 is 9.15 Å². The van der Waals surface area contributed by atoms with Crippen LogP contribution in [0.4, 0.5) is 0 Å². The maximum Gasteiger partial charge on any atom is 0.142 e. The fraction of sp³-hybridized carbons (Fsp3) is 0.115. The molecule has 0 amide bonds. The zero-order valence-electron chi connectivity index (χ0n) is 16.1. The Balaban J connectivity index is 1.75. The molecule has 0 spiro atoms. The predicted molar refractivity (Wildman–Crippen MR) is 114 cm³/mol. The molecule has 0 saturated heterocycles. The number of aryl methyl sites for hydroxylation is 1. The van der Waals surface area contributed by atoms with Gasteiger partial charge in [0.1, 0.15) is 17.3 Å². The van der Waals surface area contributed by atoms with Crippen molar-refractivity contribution in [2.24, 2.45) is 0 Å². The molecule has 4 aromatic rings. The summed E-state index contributed by atoms with van der Waals surface area (Å²) in [4.78, 5) is 0. The Kier molecular flexibility index (Phi) is 4.18. The van der Waals surface area contributed by atoms with E-state index in [0.717, 1.165) is 46.8 Å². The Bertz CT molecular complexity index is 1230. The van der Waals surface area contributed by atoms with Gasteiger partial charge < -0.3 is 9.15 Å². The lowest BCUT2D eigenvalue weighted by Gasteiger charge is -2.15. The third kappa shape index (κ3) is 2.90. The van der Waals surface area contributed by atoms with Gasteiger partial charge in [-0.15, -0.1) is 0 Å². The van der Waals surface area contributed by atoms with Crippen LogP contribution in [0.25, 0.3) is 33.8 Å². The number of ether oxygens (including phenoxy) is 1. The van der Waals surface area contributed by atoms with E-state index in [0.29, 0.717) is 5.56 Å². The standard InChI is InChI=1S/C26H19NO2/c1-28-21-13-10-20(11-14-21)25-24(19-8-6-17(16-27)7-9-19)23-15-12-18-4-2-3-5-22(18)26(23)29-25/h2-11,13-14H,12,15H2,1H3. The Hall–Kier alpha value is -3.77. The van der Waals surface area contributed by atoms with Crippen molar-refractivity contribution in [1.82, 2.24) is 0 Å². The highest BCUT2D eigenvalue weighted by Gasteiger charge is 2.27. The van der Waals surface area contributed by atoms with Gasteiger partial charge in [0, 0.05) is 22.3 Å². The van der Waals surface area contributed by atoms with Crippen LogP contribution in [0, 0.1) is 11.3 Å². The van der Waals surface area contributed by atoms with Crippen LogP contribution in [-0.2, 0) is 12.8 Å². The number of hydrogen-bond donors (Lipinski definition) is 0. The van der Waals surface area contributed by atoms with Gasteiger partial charge in [-0.2, -0.15) is 5.26 Å². The van der Waals surface area contributed by atoms with Crippen LogP contribution < -0.4 is 4.74 Å². The maximum atomic E-state index is 9.16. The molecule has 3 aromatic carbocycles. The predicted octanol–water partition coefficient (Wildman–Crippen LogP) is 6.26. The average Bonchev–Trinajstić information content (AvgIpc) is 3.19. The molecule has 0 atom stereocenters. The van der Waals surface area contributed by atoms with Gasteiger partial charge in [-0.05, 0) is 60.4 Å². The maximum absolute atomic E-state index is 9.16. The van der Waals surface area contributed by atoms with Gasteiger partial charge in [0.05, 0.1) is 18.7 Å². The van der Waals surface area contributed by atoms with Crippen molar-refractivity contribution in [3.63, 3.8) is 0 Å². The quantitative estimate of drug-likeness (QED) is 0.423. The Morgan fingerprint density at radius 3 is 2.28 bits per heavy atom. The van der Waals surface area contributed by atoms with Crippen LogP contribution in [0.2, 0.25) is 0 Å². The van der Waals surface area contributed by atoms with Crippen LogP contribution in [-0.4, -0.2) is 7.11 Å². The summed E-state index contributed by atoms with van der Waals surface area (Å²) in [6.07, 6.45) is 1.93. The lowest BCUT2D eigenvalue weighted by Crippen LogP contribution is -2.02. The van der Waals surface area contributed by atoms with Crippen molar-refractivity contribution in [2.75, 3.05) is 7.11 Å². The zero-order valence-corrected chi connectivity index (χ0v) is 16.1. The minimum atomic E-state index is 0.655. The normalized spacial score (nSPS) is 12.0. The molecule has 1 aliphatic rings. The van der Waals surface area contributed by atoms with Crippen LogP contribution in [0.1, 0.15) is 16.7 Å². The third-order valence-electron chi connectivity index (χ3n) is 5.57. The number of nitriles is 1. The molecule has 0 unspecified atom stereocenters. The van der Waals surface area contributed by atoms with Crippen molar-refractivity contribution in [1.29, 1.82) is 5.26 Å². The van der Waals surface area contributed by atoms with Crippen LogP contribution in [0.5, 0.6) is 5.75 Å². The SMILES string of the molecule is COc1ccc(-c2oc3c(c2-c2ccc(C#N)cc2)CCc2ccccc2-3)cc1. The molecule has 0 N–H and O–H groups in total. The second-order valence-electron chi connectivity index (χ2n) is 7.19. The van der Waals surface area contributed by atoms with E-state index in [4.69, 9.17) is 14.4 Å². The van der Waals surface area contributed by atoms with E-state index in [1.807, 2.05) is 48.5 Å². The number of benzene rings is 3. The summed E-state index contributed by atoms with van der Waals surface area (Å²) in [5.41, 5.74) is 7.58. The second kappa shape index (κ2) is 7.00. The minimum Gasteiger partial charge on any atom is -0.497 e. The van der Waals surface area contributed by atoms with Crippen LogP contribution >= 0.6 is 0 Å². The van der Waals surface area contributed by atoms with Gasteiger partial charge in [-0.1, -0.05) is 36.4 Å². The van der Waals surface area contributed by atoms with Crippen LogP contribution in [0.15, 0.2) is 77.2 Å². The molecule has 0 bridgehead atoms. The first-order valence-electron chi connectivity index (χ1n) is 9.67. The van der Waals surface area contributed by atoms with Crippen molar-refractivity contribution in [3.8, 4) is 45.6 Å². The molecule has 0 aliphatic heterocycles. The van der Waals surface area contributed by atoms with E-state index in [-0.39, 0.29) is 0 Å². The summed E-state index contributed by atoms with van der Waals surface area (Å²) in [5.74, 6) is 2.63. The summed E-state index contributed by atoms with van der Waals surface area (Å²) in [5, 5.41) is 9.16. The van der Waals surface area contributed by atoms with E-state index < -0.39 is 0 Å². The first kappa shape index (κ1) is 17.3. The van der Waals surface area contributed by atoms with Gasteiger partial charge in [0.15, 0.2) is 0 Å². The van der Waals surface area contributed by atoms with Gasteiger partial charge in [-0.25, -0.2) is 0 Å². The monoisotopic (exact) mass is 377 g/mol. The number of furan rings is 1. The minimum absolute atomic E-state index is 0.655. The summed E-state index contributed by atoms with van der Waals surface area (Å²) < 4.78 is 11.8. The summed E-state index contributed by atoms with van der Waals surface area (Å²) in [7, 11) is 1.67. The summed E-state index contributed by atoms with van der Waals surface area (Å²) in [6.45, 7) is 0. The highest BCUT2D eigenvalue weighted by molar-refractivity contribution is 5.89. The molecular weight excluding hydrogens is 358 g/mol. The topological polar surface area (TPSA) is 46.2 Å². The van der Waals surface area contributed by atoms with Gasteiger partial charge in [-0.3, -0.25) is 0 Å². The molecule has 29 heavy (non-hydrogen) atoms. The van der Waals surface area contributed by atoms with Crippen molar-refractivity contribution in [2.45, 2.75) is 12.8 Å². The molecule has 1 heterocycles. The first-order chi connectivity index (χ1) is 14.3. The van der Waals surface area contributed by atoms with E-state index in [1.54, 1.807) is 7.11 Å². The fourth-order valence-corrected chi connectivity index (χ4v) is 4.10. The molecule has 5 rings (SSSR count). The Labute approximate surface area is 169 Å². The van der Waals surface area contributed by atoms with Gasteiger partial charge in [0.2, 0.25) is 0 Å². The molecule has 0 saturated carbocycles.